The van der Waals surface area contributed by atoms with Crippen LogP contribution in [0.3, 0.4) is 0 Å². The summed E-state index contributed by atoms with van der Waals surface area (Å²) in [5, 5.41) is 13.4. The van der Waals surface area contributed by atoms with Crippen LogP contribution in [0.4, 0.5) is 0 Å². The summed E-state index contributed by atoms with van der Waals surface area (Å²) >= 11 is 0. The van der Waals surface area contributed by atoms with Crippen molar-refractivity contribution in [2.75, 3.05) is 13.2 Å². The molecule has 0 aliphatic heterocycles. The molecule has 1 rings (SSSR count). The number of aromatic nitrogens is 4. The standard InChI is InChI=1S/C11H19N5O3/c1-5-19-11(18)9-13-14-15-16(9)8(4)10(17)12-6-7(2)3/h7-8H,5-6H2,1-4H3,(H,12,17). The number of nitrogens with zero attached hydrogens (tertiary/aromatic N) is 4. The second-order valence-corrected chi connectivity index (χ2v) is 4.48. The Hall–Kier alpha value is -1.99. The molecule has 1 aromatic rings. The molecule has 0 bridgehead atoms. The van der Waals surface area contributed by atoms with Gasteiger partial charge in [0.1, 0.15) is 6.04 Å². The summed E-state index contributed by atoms with van der Waals surface area (Å²) in [6.07, 6.45) is 0. The molecule has 1 unspecified atom stereocenters. The number of hydrogen-bond donors (Lipinski definition) is 1. The third-order valence-electron chi connectivity index (χ3n) is 2.38. The van der Waals surface area contributed by atoms with Crippen molar-refractivity contribution < 1.29 is 14.3 Å². The Kier molecular flexibility index (Phi) is 5.40. The summed E-state index contributed by atoms with van der Waals surface area (Å²) < 4.78 is 5.98. The van der Waals surface area contributed by atoms with E-state index in [0.29, 0.717) is 12.5 Å². The van der Waals surface area contributed by atoms with E-state index in [-0.39, 0.29) is 18.3 Å². The number of tetrazole rings is 1. The number of carbonyl (C=O) groups is 2. The highest BCUT2D eigenvalue weighted by atomic mass is 16.5. The lowest BCUT2D eigenvalue weighted by Gasteiger charge is -2.14. The molecule has 8 nitrogen and oxygen atoms in total. The van der Waals surface area contributed by atoms with Gasteiger partial charge in [-0.1, -0.05) is 13.8 Å². The maximum Gasteiger partial charge on any atom is 0.378 e. The summed E-state index contributed by atoms with van der Waals surface area (Å²) in [6.45, 7) is 8.07. The Morgan fingerprint density at radius 1 is 1.37 bits per heavy atom. The molecule has 8 heteroatoms. The van der Waals surface area contributed by atoms with Crippen LogP contribution in [0.25, 0.3) is 0 Å². The van der Waals surface area contributed by atoms with E-state index in [1.807, 2.05) is 13.8 Å². The second kappa shape index (κ2) is 6.81. The summed E-state index contributed by atoms with van der Waals surface area (Å²) in [4.78, 5) is 23.5. The number of ether oxygens (including phenoxy) is 1. The van der Waals surface area contributed by atoms with Gasteiger partial charge >= 0.3 is 5.97 Å². The third-order valence-corrected chi connectivity index (χ3v) is 2.38. The molecule has 1 amide bonds. The number of esters is 1. The Morgan fingerprint density at radius 2 is 2.05 bits per heavy atom. The van der Waals surface area contributed by atoms with Crippen LogP contribution in [0.5, 0.6) is 0 Å². The van der Waals surface area contributed by atoms with E-state index < -0.39 is 12.0 Å². The topological polar surface area (TPSA) is 99.0 Å². The molecular weight excluding hydrogens is 250 g/mol. The molecule has 0 saturated carbocycles. The van der Waals surface area contributed by atoms with Crippen molar-refractivity contribution in [3.63, 3.8) is 0 Å². The molecule has 0 saturated heterocycles. The highest BCUT2D eigenvalue weighted by molar-refractivity contribution is 5.86. The van der Waals surface area contributed by atoms with Gasteiger partial charge in [-0.15, -0.1) is 5.10 Å². The maximum atomic E-state index is 11.9. The average molecular weight is 269 g/mol. The molecule has 1 N–H and O–H groups in total. The van der Waals surface area contributed by atoms with Crippen molar-refractivity contribution in [2.24, 2.45) is 5.92 Å². The molecule has 0 radical (unpaired) electrons. The van der Waals surface area contributed by atoms with Crippen molar-refractivity contribution in [2.45, 2.75) is 33.7 Å². The van der Waals surface area contributed by atoms with Crippen molar-refractivity contribution in [1.29, 1.82) is 0 Å². The SMILES string of the molecule is CCOC(=O)c1nnnn1C(C)C(=O)NCC(C)C. The minimum atomic E-state index is -0.673. The first-order chi connectivity index (χ1) is 8.97. The zero-order valence-electron chi connectivity index (χ0n) is 11.6. The highest BCUT2D eigenvalue weighted by Gasteiger charge is 2.24. The Balaban J connectivity index is 2.77. The first-order valence-corrected chi connectivity index (χ1v) is 6.20. The van der Waals surface area contributed by atoms with Gasteiger partial charge in [0.15, 0.2) is 0 Å². The van der Waals surface area contributed by atoms with E-state index >= 15 is 0 Å². The minimum absolute atomic E-state index is 0.0750. The molecule has 106 valence electrons. The summed E-state index contributed by atoms with van der Waals surface area (Å²) in [5.41, 5.74) is 0. The average Bonchev–Trinajstić information content (AvgIpc) is 2.84. The monoisotopic (exact) mass is 269 g/mol. The van der Waals surface area contributed by atoms with Crippen LogP contribution >= 0.6 is 0 Å². The van der Waals surface area contributed by atoms with E-state index in [9.17, 15) is 9.59 Å². The number of amides is 1. The molecule has 1 atom stereocenters. The Morgan fingerprint density at radius 3 is 2.63 bits per heavy atom. The van der Waals surface area contributed by atoms with Crippen LogP contribution < -0.4 is 5.32 Å². The highest BCUT2D eigenvalue weighted by Crippen LogP contribution is 2.07. The Labute approximate surface area is 111 Å². The largest absolute Gasteiger partial charge is 0.460 e. The van der Waals surface area contributed by atoms with Crippen LogP contribution in [0.1, 0.15) is 44.4 Å². The van der Waals surface area contributed by atoms with E-state index in [1.54, 1.807) is 13.8 Å². The third kappa shape index (κ3) is 4.01. The van der Waals surface area contributed by atoms with Gasteiger partial charge in [0, 0.05) is 6.54 Å². The van der Waals surface area contributed by atoms with Gasteiger partial charge in [0.2, 0.25) is 5.91 Å². The fourth-order valence-electron chi connectivity index (χ4n) is 1.35. The molecule has 0 aliphatic rings. The maximum absolute atomic E-state index is 11.9. The van der Waals surface area contributed by atoms with Crippen molar-refractivity contribution >= 4 is 11.9 Å². The molecule has 0 spiro atoms. The lowest BCUT2D eigenvalue weighted by molar-refractivity contribution is -0.124. The zero-order valence-corrected chi connectivity index (χ0v) is 11.6. The lowest BCUT2D eigenvalue weighted by atomic mass is 10.2. The van der Waals surface area contributed by atoms with E-state index in [1.165, 1.54) is 0 Å². The molecule has 0 aliphatic carbocycles. The van der Waals surface area contributed by atoms with Gasteiger partial charge in [-0.05, 0) is 30.2 Å². The van der Waals surface area contributed by atoms with Gasteiger partial charge in [-0.3, -0.25) is 4.79 Å². The second-order valence-electron chi connectivity index (χ2n) is 4.48. The smallest absolute Gasteiger partial charge is 0.378 e. The first-order valence-electron chi connectivity index (χ1n) is 6.20. The number of carbonyl (C=O) groups excluding carboxylic acids is 2. The molecule has 0 fully saturated rings. The number of rotatable bonds is 6. The fraction of sp³-hybridized carbons (Fsp3) is 0.727. The van der Waals surface area contributed by atoms with E-state index in [4.69, 9.17) is 4.74 Å². The Bertz CT molecular complexity index is 443. The molecule has 1 aromatic heterocycles. The summed E-state index contributed by atoms with van der Waals surface area (Å²) in [6, 6.07) is -0.673. The van der Waals surface area contributed by atoms with Crippen LogP contribution in [-0.4, -0.2) is 45.2 Å². The predicted molar refractivity (Wildman–Crippen MR) is 66.3 cm³/mol. The van der Waals surface area contributed by atoms with Gasteiger partial charge in [0.25, 0.3) is 5.82 Å². The summed E-state index contributed by atoms with van der Waals surface area (Å²) in [7, 11) is 0. The van der Waals surface area contributed by atoms with Gasteiger partial charge in [-0.25, -0.2) is 9.48 Å². The van der Waals surface area contributed by atoms with Crippen LogP contribution in [0.15, 0.2) is 0 Å². The molecule has 1 heterocycles. The van der Waals surface area contributed by atoms with E-state index in [2.05, 4.69) is 20.8 Å². The first kappa shape index (κ1) is 15.1. The lowest BCUT2D eigenvalue weighted by Crippen LogP contribution is -2.35. The van der Waals surface area contributed by atoms with Gasteiger partial charge in [-0.2, -0.15) is 0 Å². The number of nitrogens with one attached hydrogen (secondary N) is 1. The minimum Gasteiger partial charge on any atom is -0.460 e. The normalized spacial score (nSPS) is 12.3. The number of hydrogen-bond acceptors (Lipinski definition) is 6. The van der Waals surface area contributed by atoms with Crippen molar-refractivity contribution in [1.82, 2.24) is 25.5 Å². The predicted octanol–water partition coefficient (Wildman–Crippen LogP) is 0.183. The zero-order chi connectivity index (χ0) is 14.4. The molecule has 19 heavy (non-hydrogen) atoms. The van der Waals surface area contributed by atoms with Crippen molar-refractivity contribution in [3.8, 4) is 0 Å². The van der Waals surface area contributed by atoms with Crippen molar-refractivity contribution in [3.05, 3.63) is 5.82 Å². The fourth-order valence-corrected chi connectivity index (χ4v) is 1.35. The van der Waals surface area contributed by atoms with Crippen LogP contribution in [0.2, 0.25) is 0 Å². The van der Waals surface area contributed by atoms with E-state index in [0.717, 1.165) is 4.68 Å². The molecular formula is C11H19N5O3. The van der Waals surface area contributed by atoms with Gasteiger partial charge < -0.3 is 10.1 Å². The van der Waals surface area contributed by atoms with Crippen LogP contribution in [0, 0.1) is 5.92 Å². The quantitative estimate of drug-likeness (QED) is 0.740. The molecule has 0 aromatic carbocycles. The van der Waals surface area contributed by atoms with Crippen LogP contribution in [-0.2, 0) is 9.53 Å². The van der Waals surface area contributed by atoms with Gasteiger partial charge in [0.05, 0.1) is 6.61 Å². The summed E-state index contributed by atoms with van der Waals surface area (Å²) in [5.74, 6) is -0.619.